The minimum absolute atomic E-state index is 0.184. The smallest absolute Gasteiger partial charge is 0.475 e. The Morgan fingerprint density at radius 2 is 1.85 bits per heavy atom. The number of carbonyl (C=O) groups is 2. The number of H-pyrrole nitrogens is 1. The van der Waals surface area contributed by atoms with E-state index in [0.29, 0.717) is 17.5 Å². The third-order valence-electron chi connectivity index (χ3n) is 5.25. The number of ether oxygens (including phenoxy) is 1. The van der Waals surface area contributed by atoms with E-state index in [1.165, 1.54) is 7.11 Å². The van der Waals surface area contributed by atoms with Gasteiger partial charge >= 0.3 is 18.1 Å². The molecule has 2 atom stereocenters. The second-order valence-corrected chi connectivity index (χ2v) is 7.26. The SMILES string of the molecule is COC(=O)[C@H]1Cc2c([nH]c3ccccc23)[C@H](c2ccc3nonc3c2)N1.O=C(O)C(F)(F)F. The number of rotatable bonds is 2. The third kappa shape index (κ3) is 4.37. The third-order valence-corrected chi connectivity index (χ3v) is 5.25. The van der Waals surface area contributed by atoms with Gasteiger partial charge in [0.25, 0.3) is 0 Å². The highest BCUT2D eigenvalue weighted by Gasteiger charge is 2.38. The van der Waals surface area contributed by atoms with Crippen molar-refractivity contribution in [2.24, 2.45) is 0 Å². The minimum Gasteiger partial charge on any atom is -0.475 e. The van der Waals surface area contributed by atoms with Crippen molar-refractivity contribution >= 4 is 33.9 Å². The summed E-state index contributed by atoms with van der Waals surface area (Å²) >= 11 is 0. The van der Waals surface area contributed by atoms with Crippen LogP contribution in [0.2, 0.25) is 0 Å². The van der Waals surface area contributed by atoms with Gasteiger partial charge in [0.15, 0.2) is 0 Å². The molecular formula is C21H17F3N4O5. The van der Waals surface area contributed by atoms with E-state index in [4.69, 9.17) is 19.3 Å². The molecule has 0 bridgehead atoms. The molecule has 1 aliphatic heterocycles. The van der Waals surface area contributed by atoms with Crippen LogP contribution in [0.4, 0.5) is 13.2 Å². The van der Waals surface area contributed by atoms with E-state index >= 15 is 0 Å². The number of fused-ring (bicyclic) bond motifs is 4. The van der Waals surface area contributed by atoms with Crippen LogP contribution in [-0.2, 0) is 20.7 Å². The molecule has 2 aromatic heterocycles. The standard InChI is InChI=1S/C19H16N4O3.C2HF3O2/c1-25-19(24)16-9-12-11-4-2-3-5-13(11)20-18(12)17(21-16)10-6-7-14-15(8-10)23-26-22-14;3-2(4,5)1(6)7/h2-8,16-17,20-21H,9H2,1H3;(H,6,7)/t16-,17+;/m1./s1. The maximum atomic E-state index is 12.3. The number of halogens is 3. The fraction of sp³-hybridized carbons (Fsp3) is 0.238. The molecule has 9 nitrogen and oxygen atoms in total. The number of nitrogens with one attached hydrogen (secondary N) is 2. The number of aromatic amines is 1. The molecule has 12 heteroatoms. The lowest BCUT2D eigenvalue weighted by atomic mass is 9.90. The van der Waals surface area contributed by atoms with Gasteiger partial charge in [-0.1, -0.05) is 24.3 Å². The number of para-hydroxylation sites is 1. The number of benzene rings is 2. The van der Waals surface area contributed by atoms with Gasteiger partial charge in [0.1, 0.15) is 17.1 Å². The molecule has 2 aromatic carbocycles. The number of carboxylic acid groups (broad SMARTS) is 1. The lowest BCUT2D eigenvalue weighted by Crippen LogP contribution is -2.45. The molecule has 5 rings (SSSR count). The molecule has 4 aromatic rings. The summed E-state index contributed by atoms with van der Waals surface area (Å²) in [4.78, 5) is 24.7. The number of alkyl halides is 3. The first-order valence-electron chi connectivity index (χ1n) is 9.64. The number of nitrogens with zero attached hydrogens (tertiary/aromatic N) is 2. The largest absolute Gasteiger partial charge is 0.490 e. The van der Waals surface area contributed by atoms with Gasteiger partial charge in [-0.15, -0.1) is 0 Å². The van der Waals surface area contributed by atoms with Crippen LogP contribution in [-0.4, -0.2) is 51.7 Å². The van der Waals surface area contributed by atoms with E-state index < -0.39 is 18.2 Å². The number of methoxy groups -OCH3 is 1. The van der Waals surface area contributed by atoms with Gasteiger partial charge in [-0.05, 0) is 39.6 Å². The van der Waals surface area contributed by atoms with Gasteiger partial charge in [0.2, 0.25) is 0 Å². The average molecular weight is 462 g/mol. The second kappa shape index (κ2) is 8.54. The molecule has 0 spiro atoms. The van der Waals surface area contributed by atoms with Crippen LogP contribution in [0, 0.1) is 0 Å². The van der Waals surface area contributed by atoms with Crippen LogP contribution in [0.15, 0.2) is 47.1 Å². The van der Waals surface area contributed by atoms with Crippen molar-refractivity contribution in [3.8, 4) is 0 Å². The number of esters is 1. The predicted octanol–water partition coefficient (Wildman–Crippen LogP) is 3.11. The van der Waals surface area contributed by atoms with Gasteiger partial charge in [-0.25, -0.2) is 9.42 Å². The fourth-order valence-electron chi connectivity index (χ4n) is 3.77. The Hall–Kier alpha value is -3.93. The van der Waals surface area contributed by atoms with Crippen LogP contribution in [0.1, 0.15) is 22.9 Å². The molecule has 0 unspecified atom stereocenters. The summed E-state index contributed by atoms with van der Waals surface area (Å²) in [6, 6.07) is 13.3. The fourth-order valence-corrected chi connectivity index (χ4v) is 3.77. The quantitative estimate of drug-likeness (QED) is 0.388. The minimum atomic E-state index is -5.08. The van der Waals surface area contributed by atoms with Crippen molar-refractivity contribution in [1.82, 2.24) is 20.6 Å². The van der Waals surface area contributed by atoms with Crippen LogP contribution >= 0.6 is 0 Å². The summed E-state index contributed by atoms with van der Waals surface area (Å²) < 4.78 is 41.5. The van der Waals surface area contributed by atoms with E-state index in [2.05, 4.69) is 26.7 Å². The Morgan fingerprint density at radius 3 is 2.55 bits per heavy atom. The highest BCUT2D eigenvalue weighted by atomic mass is 19.4. The molecule has 0 saturated carbocycles. The zero-order chi connectivity index (χ0) is 23.8. The maximum Gasteiger partial charge on any atom is 0.490 e. The number of carbonyl (C=O) groups excluding carboxylic acids is 1. The van der Waals surface area contributed by atoms with Gasteiger partial charge in [0, 0.05) is 23.0 Å². The van der Waals surface area contributed by atoms with Crippen molar-refractivity contribution in [3.63, 3.8) is 0 Å². The van der Waals surface area contributed by atoms with Crippen LogP contribution < -0.4 is 5.32 Å². The molecule has 3 heterocycles. The first kappa shape index (κ1) is 22.3. The van der Waals surface area contributed by atoms with Crippen LogP contribution in [0.3, 0.4) is 0 Å². The molecule has 33 heavy (non-hydrogen) atoms. The Kier molecular flexibility index (Phi) is 5.77. The molecule has 0 radical (unpaired) electrons. The summed E-state index contributed by atoms with van der Waals surface area (Å²) in [5.41, 5.74) is 5.61. The van der Waals surface area contributed by atoms with Crippen molar-refractivity contribution in [1.29, 1.82) is 0 Å². The molecule has 172 valence electrons. The average Bonchev–Trinajstić information content (AvgIpc) is 3.41. The molecule has 3 N–H and O–H groups in total. The van der Waals surface area contributed by atoms with E-state index in [1.54, 1.807) is 0 Å². The molecule has 1 aliphatic rings. The van der Waals surface area contributed by atoms with Gasteiger partial charge in [0.05, 0.1) is 13.2 Å². The number of aliphatic carboxylic acids is 1. The number of hydrogen-bond donors (Lipinski definition) is 3. The van der Waals surface area contributed by atoms with E-state index in [9.17, 15) is 18.0 Å². The van der Waals surface area contributed by atoms with Crippen molar-refractivity contribution in [2.75, 3.05) is 7.11 Å². The molecule has 0 aliphatic carbocycles. The summed E-state index contributed by atoms with van der Waals surface area (Å²) in [5.74, 6) is -3.03. The van der Waals surface area contributed by atoms with Crippen molar-refractivity contribution < 1.29 is 37.2 Å². The Labute approximate surface area is 183 Å². The van der Waals surface area contributed by atoms with E-state index in [1.807, 2.05) is 36.4 Å². The molecule has 0 fully saturated rings. The normalized spacial score (nSPS) is 17.8. The maximum absolute atomic E-state index is 12.3. The predicted molar refractivity (Wildman–Crippen MR) is 108 cm³/mol. The summed E-state index contributed by atoms with van der Waals surface area (Å²) in [5, 5.41) is 19.4. The Morgan fingerprint density at radius 1 is 1.15 bits per heavy atom. The van der Waals surface area contributed by atoms with E-state index in [0.717, 1.165) is 27.7 Å². The monoisotopic (exact) mass is 462 g/mol. The molecular weight excluding hydrogens is 445 g/mol. The lowest BCUT2D eigenvalue weighted by molar-refractivity contribution is -0.192. The Bertz CT molecular complexity index is 1330. The highest BCUT2D eigenvalue weighted by molar-refractivity contribution is 5.87. The van der Waals surface area contributed by atoms with Crippen LogP contribution in [0.25, 0.3) is 21.9 Å². The molecule has 0 saturated heterocycles. The van der Waals surface area contributed by atoms with Gasteiger partial charge in [-0.2, -0.15) is 13.2 Å². The highest BCUT2D eigenvalue weighted by Crippen LogP contribution is 2.36. The topological polar surface area (TPSA) is 130 Å². The Balaban J connectivity index is 0.000000325. The lowest BCUT2D eigenvalue weighted by Gasteiger charge is -2.30. The first-order valence-corrected chi connectivity index (χ1v) is 9.64. The number of hydrogen-bond acceptors (Lipinski definition) is 7. The van der Waals surface area contributed by atoms with Crippen molar-refractivity contribution in [2.45, 2.75) is 24.7 Å². The number of carboxylic acids is 1. The molecule has 0 amide bonds. The summed E-state index contributed by atoms with van der Waals surface area (Å²) in [7, 11) is 1.41. The summed E-state index contributed by atoms with van der Waals surface area (Å²) in [6.45, 7) is 0. The summed E-state index contributed by atoms with van der Waals surface area (Å²) in [6.07, 6.45) is -4.50. The zero-order valence-electron chi connectivity index (χ0n) is 17.0. The van der Waals surface area contributed by atoms with E-state index in [-0.39, 0.29) is 12.0 Å². The number of aromatic nitrogens is 3. The first-order chi connectivity index (χ1) is 15.7. The van der Waals surface area contributed by atoms with Crippen LogP contribution in [0.5, 0.6) is 0 Å². The second-order valence-electron chi connectivity index (χ2n) is 7.26. The van der Waals surface area contributed by atoms with Gasteiger partial charge in [-0.3, -0.25) is 10.1 Å². The van der Waals surface area contributed by atoms with Crippen molar-refractivity contribution in [3.05, 3.63) is 59.3 Å². The zero-order valence-corrected chi connectivity index (χ0v) is 17.0. The van der Waals surface area contributed by atoms with Gasteiger partial charge < -0.3 is 14.8 Å².